The topological polar surface area (TPSA) is 111 Å². The van der Waals surface area contributed by atoms with E-state index >= 15 is 0 Å². The second-order valence-corrected chi connectivity index (χ2v) is 11.6. The van der Waals surface area contributed by atoms with Crippen molar-refractivity contribution in [3.63, 3.8) is 0 Å². The summed E-state index contributed by atoms with van der Waals surface area (Å²) in [5, 5.41) is 15.5. The standard InChI is InChI=1S/C20H23N3O3.C19H20N.CH3.K/c1-5-12-21-14(2)10-11-15(3)23-20(26)19(25)22-13-17-8-6-7-9-18(17)16(4)24;1-4-16(13(2)20)18-12-15(19(3)9-10-19)11-14-7-5-6-8-17(14)18;;/h5-9,12,15H,13H2,1-4H3,(H,22,25)(H,23,26);5-8,11-12,20H,9-10H2,1-3H3;1H3;/q;2*-1;+1/b12-5-,21-14?;;;. The zero-order valence-corrected chi connectivity index (χ0v) is 32.9. The number of aliphatic imine (C=N–C) groups is 1. The molecule has 1 fully saturated rings. The monoisotopic (exact) mass is 669 g/mol. The Bertz CT molecular complexity index is 1790. The zero-order valence-electron chi connectivity index (χ0n) is 29.8. The summed E-state index contributed by atoms with van der Waals surface area (Å²) in [6, 6.07) is 19.5. The Hall–Kier alpha value is -3.45. The predicted molar refractivity (Wildman–Crippen MR) is 194 cm³/mol. The SMILES string of the molecule is C/C=C\N=C(C)C#CC(C)NC(=O)C(=O)NCc1ccccc1C(C)=O.C[C-]=C(C(C)=N)c1cc(C2(C)CC2)cc2ccccc12.[CH3-].[K+]. The van der Waals surface area contributed by atoms with Gasteiger partial charge in [0, 0.05) is 18.3 Å². The minimum absolute atomic E-state index is 0. The van der Waals surface area contributed by atoms with Gasteiger partial charge in [-0.3, -0.25) is 19.4 Å². The maximum atomic E-state index is 11.9. The maximum Gasteiger partial charge on any atom is 1.00 e. The third kappa shape index (κ3) is 12.2. The molecule has 3 aromatic carbocycles. The van der Waals surface area contributed by atoms with Crippen LogP contribution >= 0.6 is 0 Å². The van der Waals surface area contributed by atoms with Gasteiger partial charge in [0.1, 0.15) is 0 Å². The Balaban J connectivity index is 0.000000472. The molecule has 0 radical (unpaired) electrons. The van der Waals surface area contributed by atoms with Gasteiger partial charge < -0.3 is 23.5 Å². The van der Waals surface area contributed by atoms with Crippen LogP contribution in [0.1, 0.15) is 88.4 Å². The van der Waals surface area contributed by atoms with Crippen LogP contribution in [0.25, 0.3) is 16.3 Å². The molecule has 3 aromatic rings. The van der Waals surface area contributed by atoms with Gasteiger partial charge in [-0.05, 0) is 62.8 Å². The minimum atomic E-state index is -0.782. The van der Waals surface area contributed by atoms with Crippen LogP contribution in [0.2, 0.25) is 0 Å². The number of ketones is 1. The van der Waals surface area contributed by atoms with E-state index in [4.69, 9.17) is 5.41 Å². The number of nitrogens with zero attached hydrogens (tertiary/aromatic N) is 1. The summed E-state index contributed by atoms with van der Waals surface area (Å²) in [6.07, 6.45) is 9.14. The molecular formula is C40H46KN4O3-. The fourth-order valence-electron chi connectivity index (χ4n) is 4.87. The van der Waals surface area contributed by atoms with Crippen LogP contribution in [0.4, 0.5) is 0 Å². The average molecular weight is 670 g/mol. The number of rotatable bonds is 8. The number of benzene rings is 3. The van der Waals surface area contributed by atoms with Gasteiger partial charge in [0.25, 0.3) is 0 Å². The average Bonchev–Trinajstić information content (AvgIpc) is 3.80. The molecule has 0 saturated heterocycles. The van der Waals surface area contributed by atoms with Crippen LogP contribution < -0.4 is 62.0 Å². The molecule has 1 saturated carbocycles. The van der Waals surface area contributed by atoms with Crippen molar-refractivity contribution in [1.82, 2.24) is 10.6 Å². The first-order chi connectivity index (χ1) is 21.9. The molecule has 246 valence electrons. The van der Waals surface area contributed by atoms with Gasteiger partial charge in [0.2, 0.25) is 0 Å². The molecule has 1 unspecified atom stereocenters. The van der Waals surface area contributed by atoms with Crippen molar-refractivity contribution in [2.45, 2.75) is 79.3 Å². The van der Waals surface area contributed by atoms with Gasteiger partial charge in [-0.2, -0.15) is 5.57 Å². The van der Waals surface area contributed by atoms with Crippen LogP contribution in [-0.4, -0.2) is 35.1 Å². The Morgan fingerprint density at radius 3 is 2.27 bits per heavy atom. The molecule has 0 heterocycles. The molecule has 1 aliphatic carbocycles. The van der Waals surface area contributed by atoms with E-state index in [0.717, 1.165) is 11.1 Å². The molecule has 48 heavy (non-hydrogen) atoms. The quantitative estimate of drug-likeness (QED) is 0.0815. The molecule has 4 rings (SSSR count). The molecule has 0 spiro atoms. The minimum Gasteiger partial charge on any atom is -0.369 e. The Morgan fingerprint density at radius 2 is 1.67 bits per heavy atom. The smallest absolute Gasteiger partial charge is 0.369 e. The van der Waals surface area contributed by atoms with Crippen molar-refractivity contribution < 1.29 is 65.8 Å². The Labute approximate surface area is 329 Å². The number of Topliss-reactive ketones (excluding diaryl/α,β-unsaturated/α-hetero) is 1. The Morgan fingerprint density at radius 1 is 1.02 bits per heavy atom. The number of amides is 2. The number of carbonyl (C=O) groups excluding carboxylic acids is 3. The van der Waals surface area contributed by atoms with Crippen LogP contribution in [0.5, 0.6) is 0 Å². The van der Waals surface area contributed by atoms with Crippen molar-refractivity contribution in [1.29, 1.82) is 5.41 Å². The van der Waals surface area contributed by atoms with E-state index in [1.807, 2.05) is 20.8 Å². The maximum absolute atomic E-state index is 11.9. The van der Waals surface area contributed by atoms with Crippen molar-refractivity contribution in [2.75, 3.05) is 0 Å². The Kier molecular flexibility index (Phi) is 17.9. The number of hydrogen-bond acceptors (Lipinski definition) is 5. The van der Waals surface area contributed by atoms with Gasteiger partial charge in [-0.15, -0.1) is 11.6 Å². The van der Waals surface area contributed by atoms with E-state index in [9.17, 15) is 14.4 Å². The molecule has 3 N–H and O–H groups in total. The first-order valence-corrected chi connectivity index (χ1v) is 15.4. The van der Waals surface area contributed by atoms with E-state index in [1.54, 1.807) is 50.4 Å². The third-order valence-electron chi connectivity index (χ3n) is 7.73. The summed E-state index contributed by atoms with van der Waals surface area (Å²) < 4.78 is 0. The number of fused-ring (bicyclic) bond motifs is 1. The molecule has 1 atom stereocenters. The van der Waals surface area contributed by atoms with E-state index in [2.05, 4.69) is 76.9 Å². The molecule has 2 amide bonds. The van der Waals surface area contributed by atoms with Crippen LogP contribution in [0.15, 0.2) is 77.9 Å². The fraction of sp³-hybridized carbons (Fsp3) is 0.300. The summed E-state index contributed by atoms with van der Waals surface area (Å²) in [4.78, 5) is 39.5. The summed E-state index contributed by atoms with van der Waals surface area (Å²) >= 11 is 0. The van der Waals surface area contributed by atoms with E-state index in [-0.39, 0.29) is 71.1 Å². The number of carbonyl (C=O) groups is 3. The van der Waals surface area contributed by atoms with Crippen molar-refractivity contribution in [3.05, 3.63) is 109 Å². The van der Waals surface area contributed by atoms with Crippen molar-refractivity contribution in [3.8, 4) is 11.8 Å². The summed E-state index contributed by atoms with van der Waals surface area (Å²) in [7, 11) is 0. The van der Waals surface area contributed by atoms with Crippen LogP contribution in [0.3, 0.4) is 0 Å². The molecule has 7 nitrogen and oxygen atoms in total. The fourth-order valence-corrected chi connectivity index (χ4v) is 4.87. The van der Waals surface area contributed by atoms with Crippen molar-refractivity contribution in [2.24, 2.45) is 4.99 Å². The molecule has 0 aliphatic heterocycles. The summed E-state index contributed by atoms with van der Waals surface area (Å²) in [6.45, 7) is 12.9. The van der Waals surface area contributed by atoms with E-state index in [1.165, 1.54) is 36.1 Å². The largest absolute Gasteiger partial charge is 1.00 e. The van der Waals surface area contributed by atoms with Gasteiger partial charge in [0.15, 0.2) is 5.78 Å². The number of nitrogens with one attached hydrogen (secondary N) is 3. The molecular weight excluding hydrogens is 624 g/mol. The third-order valence-corrected chi connectivity index (χ3v) is 7.73. The van der Waals surface area contributed by atoms with Crippen LogP contribution in [0, 0.1) is 30.8 Å². The first-order valence-electron chi connectivity index (χ1n) is 15.4. The molecule has 0 aromatic heterocycles. The first kappa shape index (κ1) is 42.6. The number of allylic oxidation sites excluding steroid dienone is 3. The predicted octanol–water partition coefficient (Wildman–Crippen LogP) is 4.60. The zero-order chi connectivity index (χ0) is 33.9. The molecule has 0 bridgehead atoms. The second kappa shape index (κ2) is 20.1. The van der Waals surface area contributed by atoms with Gasteiger partial charge >= 0.3 is 63.2 Å². The van der Waals surface area contributed by atoms with Crippen LogP contribution in [-0.2, 0) is 21.5 Å². The summed E-state index contributed by atoms with van der Waals surface area (Å²) in [5.74, 6) is 3.95. The number of hydrogen-bond donors (Lipinski definition) is 3. The second-order valence-electron chi connectivity index (χ2n) is 11.6. The molecule has 8 heteroatoms. The van der Waals surface area contributed by atoms with Gasteiger partial charge in [0.05, 0.1) is 11.8 Å². The summed E-state index contributed by atoms with van der Waals surface area (Å²) in [5.41, 5.74) is 6.18. The van der Waals surface area contributed by atoms with Gasteiger partial charge in [-0.25, -0.2) is 6.08 Å². The molecule has 1 aliphatic rings. The van der Waals surface area contributed by atoms with Crippen molar-refractivity contribution >= 4 is 45.4 Å². The normalized spacial score (nSPS) is 13.7. The van der Waals surface area contributed by atoms with E-state index < -0.39 is 17.9 Å². The van der Waals surface area contributed by atoms with Gasteiger partial charge in [-0.1, -0.05) is 104 Å². The van der Waals surface area contributed by atoms with E-state index in [0.29, 0.717) is 28.0 Å².